The fraction of sp³-hybridized carbons (Fsp3) is 0.320. The van der Waals surface area contributed by atoms with E-state index in [0.717, 1.165) is 35.5 Å². The molecule has 33 heavy (non-hydrogen) atoms. The first kappa shape index (κ1) is 23.3. The number of rotatable bonds is 6. The largest absolute Gasteiger partial charge is 0.371 e. The van der Waals surface area contributed by atoms with Gasteiger partial charge >= 0.3 is 0 Å². The van der Waals surface area contributed by atoms with Gasteiger partial charge in [0, 0.05) is 24.5 Å². The highest BCUT2D eigenvalue weighted by Gasteiger charge is 2.25. The van der Waals surface area contributed by atoms with Crippen LogP contribution in [0.2, 0.25) is 0 Å². The molecule has 6 nitrogen and oxygen atoms in total. The highest BCUT2D eigenvalue weighted by Crippen LogP contribution is 2.37. The summed E-state index contributed by atoms with van der Waals surface area (Å²) in [6.07, 6.45) is 2.35. The minimum Gasteiger partial charge on any atom is -0.371 e. The molecule has 0 atom stereocenters. The van der Waals surface area contributed by atoms with E-state index < -0.39 is 10.0 Å². The molecule has 2 heterocycles. The van der Waals surface area contributed by atoms with Gasteiger partial charge in [0.2, 0.25) is 0 Å². The molecule has 0 bridgehead atoms. The van der Waals surface area contributed by atoms with Crippen molar-refractivity contribution in [2.45, 2.75) is 45.4 Å². The number of nitrogens with zero attached hydrogens (tertiary/aromatic N) is 1. The van der Waals surface area contributed by atoms with Gasteiger partial charge < -0.3 is 10.2 Å². The topological polar surface area (TPSA) is 78.5 Å². The number of thiophene rings is 1. The van der Waals surface area contributed by atoms with Gasteiger partial charge in [-0.1, -0.05) is 24.3 Å². The van der Waals surface area contributed by atoms with Crippen LogP contribution in [-0.2, 0) is 10.0 Å². The van der Waals surface area contributed by atoms with E-state index in [9.17, 15) is 13.2 Å². The number of carbonyl (C=O) groups excluding carboxylic acids is 1. The van der Waals surface area contributed by atoms with E-state index in [1.165, 1.54) is 47.6 Å². The lowest BCUT2D eigenvalue weighted by Crippen LogP contribution is -2.22. The molecule has 0 unspecified atom stereocenters. The quantitative estimate of drug-likeness (QED) is 0.476. The highest BCUT2D eigenvalue weighted by molar-refractivity contribution is 7.93. The average molecular weight is 484 g/mol. The maximum absolute atomic E-state index is 13.4. The standard InChI is InChI=1S/C25H29N3O3S2/c1-16-14-17(2)23(28-12-8-9-13-28)19(4)22(16)26-24(29)21-18(3)15-32-25(21)27-33(30,31)20-10-6-5-7-11-20/h5-7,10-11,14-15,27H,8-9,12-13H2,1-4H3,(H,26,29). The van der Waals surface area contributed by atoms with Gasteiger partial charge in [-0.3, -0.25) is 9.52 Å². The minimum absolute atomic E-state index is 0.155. The fourth-order valence-corrected chi connectivity index (χ4v) is 6.84. The summed E-state index contributed by atoms with van der Waals surface area (Å²) >= 11 is 1.21. The maximum atomic E-state index is 13.4. The van der Waals surface area contributed by atoms with Gasteiger partial charge in [0.15, 0.2) is 0 Å². The van der Waals surface area contributed by atoms with Crippen LogP contribution in [0.5, 0.6) is 0 Å². The molecule has 2 N–H and O–H groups in total. The van der Waals surface area contributed by atoms with Crippen molar-refractivity contribution in [3.05, 3.63) is 69.6 Å². The third kappa shape index (κ3) is 4.63. The Labute approximate surface area is 199 Å². The Hall–Kier alpha value is -2.84. The number of sulfonamides is 1. The maximum Gasteiger partial charge on any atom is 0.262 e. The van der Waals surface area contributed by atoms with Crippen LogP contribution in [0.15, 0.2) is 46.7 Å². The number of benzene rings is 2. The molecule has 1 amide bonds. The Morgan fingerprint density at radius 2 is 1.64 bits per heavy atom. The molecule has 0 aliphatic carbocycles. The summed E-state index contributed by atoms with van der Waals surface area (Å²) in [5, 5.41) is 5.19. The first-order valence-corrected chi connectivity index (χ1v) is 13.4. The lowest BCUT2D eigenvalue weighted by Gasteiger charge is -2.26. The molecule has 1 aliphatic heterocycles. The molecule has 0 spiro atoms. The van der Waals surface area contributed by atoms with E-state index >= 15 is 0 Å². The fourth-order valence-electron chi connectivity index (χ4n) is 4.55. The van der Waals surface area contributed by atoms with E-state index in [-0.39, 0.29) is 10.8 Å². The van der Waals surface area contributed by atoms with Crippen LogP contribution in [0, 0.1) is 27.7 Å². The van der Waals surface area contributed by atoms with Crippen LogP contribution < -0.4 is 14.9 Å². The van der Waals surface area contributed by atoms with Crippen LogP contribution in [0.1, 0.15) is 45.5 Å². The zero-order valence-corrected chi connectivity index (χ0v) is 21.0. The van der Waals surface area contributed by atoms with Crippen molar-refractivity contribution in [3.8, 4) is 0 Å². The number of carbonyl (C=O) groups is 1. The molecule has 3 aromatic rings. The second-order valence-corrected chi connectivity index (χ2v) is 11.1. The van der Waals surface area contributed by atoms with Crippen LogP contribution >= 0.6 is 11.3 Å². The average Bonchev–Trinajstić information content (AvgIpc) is 3.41. The number of hydrogen-bond donors (Lipinski definition) is 2. The van der Waals surface area contributed by atoms with Gasteiger partial charge in [-0.05, 0) is 80.3 Å². The number of nitrogens with one attached hydrogen (secondary N) is 2. The zero-order chi connectivity index (χ0) is 23.8. The summed E-state index contributed by atoms with van der Waals surface area (Å²) in [7, 11) is -3.79. The van der Waals surface area contributed by atoms with Gasteiger partial charge in [-0.25, -0.2) is 8.42 Å². The van der Waals surface area contributed by atoms with E-state index in [1.807, 2.05) is 20.8 Å². The Balaban J connectivity index is 1.66. The minimum atomic E-state index is -3.79. The summed E-state index contributed by atoms with van der Waals surface area (Å²) in [6.45, 7) is 10.0. The lowest BCUT2D eigenvalue weighted by molar-refractivity contribution is 0.102. The van der Waals surface area contributed by atoms with Crippen molar-refractivity contribution in [1.82, 2.24) is 0 Å². The molecule has 1 saturated heterocycles. The summed E-state index contributed by atoms with van der Waals surface area (Å²) in [6, 6.07) is 10.3. The van der Waals surface area contributed by atoms with E-state index in [2.05, 4.69) is 27.9 Å². The molecule has 8 heteroatoms. The third-order valence-electron chi connectivity index (χ3n) is 6.07. The monoisotopic (exact) mass is 483 g/mol. The van der Waals surface area contributed by atoms with Crippen LogP contribution in [0.3, 0.4) is 0 Å². The van der Waals surface area contributed by atoms with Crippen molar-refractivity contribution < 1.29 is 13.2 Å². The first-order valence-electron chi connectivity index (χ1n) is 11.0. The Morgan fingerprint density at radius 3 is 2.30 bits per heavy atom. The van der Waals surface area contributed by atoms with E-state index in [4.69, 9.17) is 0 Å². The number of anilines is 3. The summed E-state index contributed by atoms with van der Waals surface area (Å²) in [4.78, 5) is 15.9. The van der Waals surface area contributed by atoms with Gasteiger partial charge in [0.05, 0.1) is 10.5 Å². The second kappa shape index (κ2) is 9.19. The van der Waals surface area contributed by atoms with Crippen LogP contribution in [0.25, 0.3) is 0 Å². The van der Waals surface area contributed by atoms with E-state index in [0.29, 0.717) is 10.6 Å². The van der Waals surface area contributed by atoms with Crippen LogP contribution in [0.4, 0.5) is 16.4 Å². The molecule has 2 aromatic carbocycles. The molecule has 4 rings (SSSR count). The van der Waals surface area contributed by atoms with Crippen molar-refractivity contribution in [1.29, 1.82) is 0 Å². The normalized spacial score (nSPS) is 13.9. The van der Waals surface area contributed by atoms with Gasteiger partial charge in [0.25, 0.3) is 15.9 Å². The predicted molar refractivity (Wildman–Crippen MR) is 136 cm³/mol. The Morgan fingerprint density at radius 1 is 0.970 bits per heavy atom. The second-order valence-electron chi connectivity index (χ2n) is 8.55. The molecular weight excluding hydrogens is 454 g/mol. The van der Waals surface area contributed by atoms with Crippen molar-refractivity contribution in [2.24, 2.45) is 0 Å². The van der Waals surface area contributed by atoms with Crippen molar-refractivity contribution in [3.63, 3.8) is 0 Å². The molecule has 1 aromatic heterocycles. The molecule has 174 valence electrons. The van der Waals surface area contributed by atoms with Gasteiger partial charge in [-0.15, -0.1) is 11.3 Å². The summed E-state index contributed by atoms with van der Waals surface area (Å²) in [5.74, 6) is -0.318. The number of hydrogen-bond acceptors (Lipinski definition) is 5. The number of amides is 1. The van der Waals surface area contributed by atoms with Crippen LogP contribution in [-0.4, -0.2) is 27.4 Å². The van der Waals surface area contributed by atoms with Crippen molar-refractivity contribution >= 4 is 43.6 Å². The Kier molecular flexibility index (Phi) is 6.50. The molecule has 0 saturated carbocycles. The summed E-state index contributed by atoms with van der Waals surface area (Å²) < 4.78 is 28.3. The smallest absolute Gasteiger partial charge is 0.262 e. The highest BCUT2D eigenvalue weighted by atomic mass is 32.2. The SMILES string of the molecule is Cc1cc(C)c(N2CCCC2)c(C)c1NC(=O)c1c(C)csc1NS(=O)(=O)c1ccccc1. The zero-order valence-electron chi connectivity index (χ0n) is 19.4. The lowest BCUT2D eigenvalue weighted by atomic mass is 10.0. The predicted octanol–water partition coefficient (Wildman–Crippen LogP) is 5.64. The molecule has 1 fully saturated rings. The first-order chi connectivity index (χ1) is 15.7. The van der Waals surface area contributed by atoms with Gasteiger partial charge in [-0.2, -0.15) is 0 Å². The van der Waals surface area contributed by atoms with Crippen molar-refractivity contribution in [2.75, 3.05) is 28.0 Å². The third-order valence-corrected chi connectivity index (χ3v) is 8.58. The van der Waals surface area contributed by atoms with E-state index in [1.54, 1.807) is 23.6 Å². The Bertz CT molecular complexity index is 1290. The molecular formula is C25H29N3O3S2. The molecule has 0 radical (unpaired) electrons. The van der Waals surface area contributed by atoms with Gasteiger partial charge in [0.1, 0.15) is 5.00 Å². The number of aryl methyl sites for hydroxylation is 3. The molecule has 1 aliphatic rings. The summed E-state index contributed by atoms with van der Waals surface area (Å²) in [5.41, 5.74) is 6.28.